The summed E-state index contributed by atoms with van der Waals surface area (Å²) in [6, 6.07) is 4.80. The van der Waals surface area contributed by atoms with E-state index in [1.807, 2.05) is 12.3 Å². The fraction of sp³-hybridized carbons (Fsp3) is 0.609. The highest BCUT2D eigenvalue weighted by Crippen LogP contribution is 2.62. The SMILES string of the molecule is C=C1CC[C@H]2[C@@H]3CCc4cc(O)c(C=NC5CC5)cc4[C@H]3CC[C@]12C. The van der Waals surface area contributed by atoms with Gasteiger partial charge in [0.15, 0.2) is 0 Å². The van der Waals surface area contributed by atoms with Gasteiger partial charge in [-0.15, -0.1) is 0 Å². The Balaban J connectivity index is 1.50. The molecule has 5 rings (SSSR count). The smallest absolute Gasteiger partial charge is 0.124 e. The number of aromatic hydroxyl groups is 1. The van der Waals surface area contributed by atoms with Crippen LogP contribution in [0.25, 0.3) is 0 Å². The van der Waals surface area contributed by atoms with Crippen molar-refractivity contribution in [1.82, 2.24) is 0 Å². The molecule has 4 aliphatic carbocycles. The van der Waals surface area contributed by atoms with Gasteiger partial charge in [0.05, 0.1) is 6.04 Å². The molecule has 0 spiro atoms. The number of phenolic OH excluding ortho intramolecular Hbond substituents is 1. The van der Waals surface area contributed by atoms with Crippen LogP contribution in [-0.4, -0.2) is 17.4 Å². The summed E-state index contributed by atoms with van der Waals surface area (Å²) < 4.78 is 0. The highest BCUT2D eigenvalue weighted by Gasteiger charge is 2.51. The number of hydrogen-bond acceptors (Lipinski definition) is 2. The van der Waals surface area contributed by atoms with E-state index in [2.05, 4.69) is 24.6 Å². The molecule has 4 aliphatic rings. The first-order chi connectivity index (χ1) is 12.1. The molecule has 0 heterocycles. The average molecular weight is 335 g/mol. The second-order valence-electron chi connectivity index (χ2n) is 9.13. The largest absolute Gasteiger partial charge is 0.507 e. The van der Waals surface area contributed by atoms with Crippen molar-refractivity contribution in [3.8, 4) is 5.75 Å². The number of hydrogen-bond donors (Lipinski definition) is 1. The number of aliphatic imine (C=N–C) groups is 1. The summed E-state index contributed by atoms with van der Waals surface area (Å²) in [5, 5.41) is 10.4. The van der Waals surface area contributed by atoms with Crippen molar-refractivity contribution in [2.75, 3.05) is 0 Å². The zero-order chi connectivity index (χ0) is 17.2. The van der Waals surface area contributed by atoms with Crippen LogP contribution in [0.2, 0.25) is 0 Å². The summed E-state index contributed by atoms with van der Waals surface area (Å²) >= 11 is 0. The molecule has 4 atom stereocenters. The molecule has 2 nitrogen and oxygen atoms in total. The van der Waals surface area contributed by atoms with Crippen LogP contribution in [-0.2, 0) is 6.42 Å². The van der Waals surface area contributed by atoms with Gasteiger partial charge in [0.25, 0.3) is 0 Å². The summed E-state index contributed by atoms with van der Waals surface area (Å²) in [5.74, 6) is 2.69. The Hall–Kier alpha value is -1.57. The van der Waals surface area contributed by atoms with Gasteiger partial charge in [-0.1, -0.05) is 19.1 Å². The van der Waals surface area contributed by atoms with E-state index < -0.39 is 0 Å². The maximum atomic E-state index is 10.4. The van der Waals surface area contributed by atoms with Crippen molar-refractivity contribution in [2.45, 2.75) is 70.3 Å². The minimum absolute atomic E-state index is 0.381. The van der Waals surface area contributed by atoms with Crippen LogP contribution in [0.15, 0.2) is 29.3 Å². The van der Waals surface area contributed by atoms with E-state index in [4.69, 9.17) is 0 Å². The van der Waals surface area contributed by atoms with Gasteiger partial charge in [0.1, 0.15) is 5.75 Å². The van der Waals surface area contributed by atoms with Gasteiger partial charge in [-0.2, -0.15) is 0 Å². The van der Waals surface area contributed by atoms with Crippen molar-refractivity contribution in [2.24, 2.45) is 22.2 Å². The third-order valence-corrected chi connectivity index (χ3v) is 7.80. The van der Waals surface area contributed by atoms with E-state index in [1.54, 1.807) is 0 Å². The van der Waals surface area contributed by atoms with Crippen LogP contribution in [0.3, 0.4) is 0 Å². The number of nitrogens with zero attached hydrogens (tertiary/aromatic N) is 1. The van der Waals surface area contributed by atoms with Gasteiger partial charge in [-0.3, -0.25) is 4.99 Å². The second kappa shape index (κ2) is 5.46. The lowest BCUT2D eigenvalue weighted by Gasteiger charge is -2.49. The molecule has 0 amide bonds. The molecule has 1 N–H and O–H groups in total. The molecular weight excluding hydrogens is 306 g/mol. The fourth-order valence-electron chi connectivity index (χ4n) is 6.05. The van der Waals surface area contributed by atoms with Crippen LogP contribution in [0.5, 0.6) is 5.75 Å². The van der Waals surface area contributed by atoms with E-state index in [0.717, 1.165) is 23.8 Å². The second-order valence-corrected chi connectivity index (χ2v) is 9.13. The Kier molecular flexibility index (Phi) is 3.42. The molecule has 1 aromatic rings. The minimum atomic E-state index is 0.381. The summed E-state index contributed by atoms with van der Waals surface area (Å²) in [7, 11) is 0. The number of rotatable bonds is 2. The Morgan fingerprint density at radius 1 is 1.16 bits per heavy atom. The topological polar surface area (TPSA) is 32.6 Å². The standard InChI is InChI=1S/C23H29NO/c1-14-3-8-21-19-7-4-15-12-22(25)16(13-24-17-5-6-17)11-20(15)18(19)9-10-23(14,21)2/h11-13,17-19,21,25H,1,3-10H2,2H3/t18-,19+,21-,23+/m0/s1. The number of phenols is 1. The quantitative estimate of drug-likeness (QED) is 0.571. The van der Waals surface area contributed by atoms with Crippen LogP contribution in [0.1, 0.15) is 74.5 Å². The molecule has 2 heteroatoms. The van der Waals surface area contributed by atoms with E-state index in [0.29, 0.717) is 23.1 Å². The molecule has 3 fully saturated rings. The van der Waals surface area contributed by atoms with E-state index >= 15 is 0 Å². The van der Waals surface area contributed by atoms with Crippen LogP contribution < -0.4 is 0 Å². The molecule has 3 saturated carbocycles. The predicted octanol–water partition coefficient (Wildman–Crippen LogP) is 5.39. The third kappa shape index (κ3) is 2.40. The highest BCUT2D eigenvalue weighted by atomic mass is 16.3. The molecule has 0 radical (unpaired) electrons. The summed E-state index contributed by atoms with van der Waals surface area (Å²) in [6.07, 6.45) is 11.8. The van der Waals surface area contributed by atoms with E-state index in [1.165, 1.54) is 61.6 Å². The molecule has 25 heavy (non-hydrogen) atoms. The Labute approximate surface area is 151 Å². The number of fused-ring (bicyclic) bond motifs is 5. The number of benzene rings is 1. The van der Waals surface area contributed by atoms with Gasteiger partial charge in [-0.25, -0.2) is 0 Å². The van der Waals surface area contributed by atoms with Crippen molar-refractivity contribution in [3.05, 3.63) is 41.0 Å². The highest BCUT2D eigenvalue weighted by molar-refractivity contribution is 5.84. The molecule has 1 aromatic carbocycles. The van der Waals surface area contributed by atoms with E-state index in [9.17, 15) is 5.11 Å². The lowest BCUT2D eigenvalue weighted by atomic mass is 9.55. The summed E-state index contributed by atoms with van der Waals surface area (Å²) in [5.41, 5.74) is 5.69. The Morgan fingerprint density at radius 3 is 2.80 bits per heavy atom. The fourth-order valence-corrected chi connectivity index (χ4v) is 6.05. The summed E-state index contributed by atoms with van der Waals surface area (Å²) in [4.78, 5) is 4.60. The van der Waals surface area contributed by atoms with Crippen molar-refractivity contribution >= 4 is 6.21 Å². The van der Waals surface area contributed by atoms with E-state index in [-0.39, 0.29) is 0 Å². The normalized spacial score (nSPS) is 37.0. The van der Waals surface area contributed by atoms with Gasteiger partial charge in [0, 0.05) is 11.8 Å². The summed E-state index contributed by atoms with van der Waals surface area (Å²) in [6.45, 7) is 6.89. The first kappa shape index (κ1) is 15.7. The first-order valence-electron chi connectivity index (χ1n) is 10.1. The van der Waals surface area contributed by atoms with Gasteiger partial charge >= 0.3 is 0 Å². The Bertz CT molecular complexity index is 760. The molecule has 0 bridgehead atoms. The molecule has 0 unspecified atom stereocenters. The third-order valence-electron chi connectivity index (χ3n) is 7.80. The minimum Gasteiger partial charge on any atom is -0.507 e. The predicted molar refractivity (Wildman–Crippen MR) is 102 cm³/mol. The number of aryl methyl sites for hydroxylation is 1. The van der Waals surface area contributed by atoms with Gasteiger partial charge in [-0.05, 0) is 97.8 Å². The maximum absolute atomic E-state index is 10.4. The zero-order valence-electron chi connectivity index (χ0n) is 15.3. The van der Waals surface area contributed by atoms with Gasteiger partial charge in [0.2, 0.25) is 0 Å². The number of allylic oxidation sites excluding steroid dienone is 1. The lowest BCUT2D eigenvalue weighted by molar-refractivity contribution is 0.0816. The van der Waals surface area contributed by atoms with Crippen LogP contribution >= 0.6 is 0 Å². The van der Waals surface area contributed by atoms with Crippen molar-refractivity contribution in [3.63, 3.8) is 0 Å². The average Bonchev–Trinajstić information content (AvgIpc) is 3.37. The molecule has 0 aromatic heterocycles. The lowest BCUT2D eigenvalue weighted by Crippen LogP contribution is -2.40. The molecular formula is C23H29NO. The van der Waals surface area contributed by atoms with Gasteiger partial charge < -0.3 is 5.11 Å². The van der Waals surface area contributed by atoms with Crippen molar-refractivity contribution < 1.29 is 5.11 Å². The monoisotopic (exact) mass is 335 g/mol. The molecule has 132 valence electrons. The maximum Gasteiger partial charge on any atom is 0.124 e. The van der Waals surface area contributed by atoms with Crippen molar-refractivity contribution in [1.29, 1.82) is 0 Å². The molecule has 0 saturated heterocycles. The van der Waals surface area contributed by atoms with Crippen LogP contribution in [0.4, 0.5) is 0 Å². The van der Waals surface area contributed by atoms with Crippen LogP contribution in [0, 0.1) is 17.3 Å². The first-order valence-corrected chi connectivity index (χ1v) is 10.1. The Morgan fingerprint density at radius 2 is 2.00 bits per heavy atom. The molecule has 0 aliphatic heterocycles. The zero-order valence-corrected chi connectivity index (χ0v) is 15.3.